The number of rotatable bonds is 6. The van der Waals surface area contributed by atoms with E-state index >= 15 is 0 Å². The van der Waals surface area contributed by atoms with E-state index in [0.717, 1.165) is 43.2 Å². The predicted octanol–water partition coefficient (Wildman–Crippen LogP) is 2.28. The summed E-state index contributed by atoms with van der Waals surface area (Å²) in [5.41, 5.74) is 1.14. The van der Waals surface area contributed by atoms with Crippen LogP contribution in [0, 0.1) is 0 Å². The molecule has 2 N–H and O–H groups in total. The zero-order valence-electron chi connectivity index (χ0n) is 11.3. The average Bonchev–Trinajstić information content (AvgIpc) is 2.45. The van der Waals surface area contributed by atoms with E-state index in [0.29, 0.717) is 6.04 Å². The third-order valence-corrected chi connectivity index (χ3v) is 4.18. The molecule has 106 valence electrons. The second-order valence-corrected chi connectivity index (χ2v) is 5.54. The molecule has 1 atom stereocenters. The number of hydrogen-bond donors (Lipinski definition) is 2. The lowest BCUT2D eigenvalue weighted by atomic mass is 10.0. The molecule has 1 aliphatic rings. The quantitative estimate of drug-likeness (QED) is 0.786. The van der Waals surface area contributed by atoms with Crippen LogP contribution < -0.4 is 5.32 Å². The summed E-state index contributed by atoms with van der Waals surface area (Å²) >= 11 is 6.11. The highest BCUT2D eigenvalue weighted by Gasteiger charge is 2.20. The Labute approximate surface area is 120 Å². The van der Waals surface area contributed by atoms with Gasteiger partial charge in [-0.3, -0.25) is 4.90 Å². The smallest absolute Gasteiger partial charge is 0.0586 e. The number of piperidine rings is 1. The van der Waals surface area contributed by atoms with Crippen LogP contribution in [0.15, 0.2) is 24.3 Å². The van der Waals surface area contributed by atoms with Gasteiger partial charge in [-0.25, -0.2) is 0 Å². The van der Waals surface area contributed by atoms with Crippen LogP contribution in [0.5, 0.6) is 0 Å². The van der Waals surface area contributed by atoms with E-state index in [9.17, 15) is 5.11 Å². The fourth-order valence-corrected chi connectivity index (χ4v) is 2.85. The Balaban J connectivity index is 1.70. The molecule has 1 heterocycles. The largest absolute Gasteiger partial charge is 0.395 e. The van der Waals surface area contributed by atoms with Crippen LogP contribution in [-0.2, 0) is 6.54 Å². The van der Waals surface area contributed by atoms with Gasteiger partial charge < -0.3 is 10.4 Å². The van der Waals surface area contributed by atoms with E-state index in [1.807, 2.05) is 24.3 Å². The zero-order valence-corrected chi connectivity index (χ0v) is 12.1. The van der Waals surface area contributed by atoms with E-state index in [4.69, 9.17) is 11.6 Å². The number of nitrogens with one attached hydrogen (secondary N) is 1. The minimum Gasteiger partial charge on any atom is -0.395 e. The van der Waals surface area contributed by atoms with Crippen molar-refractivity contribution in [2.45, 2.75) is 31.8 Å². The van der Waals surface area contributed by atoms with Crippen LogP contribution in [0.1, 0.15) is 24.8 Å². The second-order valence-electron chi connectivity index (χ2n) is 5.14. The third kappa shape index (κ3) is 4.46. The van der Waals surface area contributed by atoms with Crippen molar-refractivity contribution in [3.8, 4) is 0 Å². The average molecular weight is 283 g/mol. The van der Waals surface area contributed by atoms with Crippen molar-refractivity contribution in [3.63, 3.8) is 0 Å². The van der Waals surface area contributed by atoms with Gasteiger partial charge in [0.05, 0.1) is 6.61 Å². The highest BCUT2D eigenvalue weighted by atomic mass is 35.5. The molecule has 2 rings (SSSR count). The molecule has 0 bridgehead atoms. The standard InChI is InChI=1S/C15H23ClN2O/c16-15-7-2-1-5-13(15)11-17-8-10-18-9-4-3-6-14(18)12-19/h1-2,5,7,14,17,19H,3-4,6,8-12H2. The molecule has 1 aliphatic heterocycles. The summed E-state index contributed by atoms with van der Waals surface area (Å²) in [5, 5.41) is 13.6. The topological polar surface area (TPSA) is 35.5 Å². The molecule has 0 saturated carbocycles. The molecule has 0 spiro atoms. The highest BCUT2D eigenvalue weighted by Crippen LogP contribution is 2.16. The maximum atomic E-state index is 9.35. The van der Waals surface area contributed by atoms with Crippen LogP contribution in [0.4, 0.5) is 0 Å². The monoisotopic (exact) mass is 282 g/mol. The maximum absolute atomic E-state index is 9.35. The molecule has 19 heavy (non-hydrogen) atoms. The Hall–Kier alpha value is -0.610. The molecular weight excluding hydrogens is 260 g/mol. The molecule has 0 aliphatic carbocycles. The number of hydrogen-bond acceptors (Lipinski definition) is 3. The molecular formula is C15H23ClN2O. The van der Waals surface area contributed by atoms with Gasteiger partial charge in [0.15, 0.2) is 0 Å². The van der Waals surface area contributed by atoms with Gasteiger partial charge in [0.25, 0.3) is 0 Å². The van der Waals surface area contributed by atoms with Gasteiger partial charge in [0, 0.05) is 30.7 Å². The summed E-state index contributed by atoms with van der Waals surface area (Å²) in [6, 6.07) is 8.29. The Bertz CT molecular complexity index is 386. The SMILES string of the molecule is OCC1CCCCN1CCNCc1ccccc1Cl. The maximum Gasteiger partial charge on any atom is 0.0586 e. The minimum atomic E-state index is 0.282. The summed E-state index contributed by atoms with van der Waals surface area (Å²) in [4.78, 5) is 2.39. The summed E-state index contributed by atoms with van der Waals surface area (Å²) < 4.78 is 0. The summed E-state index contributed by atoms with van der Waals surface area (Å²) in [6.07, 6.45) is 3.62. The van der Waals surface area contributed by atoms with Crippen molar-refractivity contribution in [1.29, 1.82) is 0 Å². The van der Waals surface area contributed by atoms with Crippen molar-refractivity contribution in [2.24, 2.45) is 0 Å². The van der Waals surface area contributed by atoms with E-state index in [1.54, 1.807) is 0 Å². The first-order chi connectivity index (χ1) is 9.31. The number of likely N-dealkylation sites (tertiary alicyclic amines) is 1. The Morgan fingerprint density at radius 2 is 2.16 bits per heavy atom. The zero-order chi connectivity index (χ0) is 13.5. The number of aliphatic hydroxyl groups is 1. The van der Waals surface area contributed by atoms with E-state index in [1.165, 1.54) is 12.8 Å². The summed E-state index contributed by atoms with van der Waals surface area (Å²) in [7, 11) is 0. The molecule has 4 heteroatoms. The van der Waals surface area contributed by atoms with Crippen LogP contribution >= 0.6 is 11.6 Å². The van der Waals surface area contributed by atoms with Gasteiger partial charge >= 0.3 is 0 Å². The van der Waals surface area contributed by atoms with Crippen LogP contribution in [0.3, 0.4) is 0 Å². The normalized spacial score (nSPS) is 20.6. The van der Waals surface area contributed by atoms with Crippen LogP contribution in [0.2, 0.25) is 5.02 Å². The first kappa shape index (κ1) is 14.8. The molecule has 1 fully saturated rings. The van der Waals surface area contributed by atoms with Crippen molar-refractivity contribution in [2.75, 3.05) is 26.2 Å². The van der Waals surface area contributed by atoms with E-state index in [-0.39, 0.29) is 6.61 Å². The molecule has 0 radical (unpaired) electrons. The highest BCUT2D eigenvalue weighted by molar-refractivity contribution is 6.31. The second kappa shape index (κ2) is 7.85. The molecule has 1 aromatic rings. The van der Waals surface area contributed by atoms with Crippen molar-refractivity contribution in [3.05, 3.63) is 34.9 Å². The lowest BCUT2D eigenvalue weighted by Gasteiger charge is -2.34. The summed E-state index contributed by atoms with van der Waals surface area (Å²) in [6.45, 7) is 4.12. The van der Waals surface area contributed by atoms with Crippen LogP contribution in [0.25, 0.3) is 0 Å². The summed E-state index contributed by atoms with van der Waals surface area (Å²) in [5.74, 6) is 0. The first-order valence-electron chi connectivity index (χ1n) is 7.10. The first-order valence-corrected chi connectivity index (χ1v) is 7.48. The fraction of sp³-hybridized carbons (Fsp3) is 0.600. The van der Waals surface area contributed by atoms with Gasteiger partial charge in [-0.15, -0.1) is 0 Å². The molecule has 1 saturated heterocycles. The molecule has 0 amide bonds. The van der Waals surface area contributed by atoms with Gasteiger partial charge in [-0.1, -0.05) is 36.2 Å². The number of benzene rings is 1. The van der Waals surface area contributed by atoms with Gasteiger partial charge in [-0.2, -0.15) is 0 Å². The van der Waals surface area contributed by atoms with Crippen molar-refractivity contribution in [1.82, 2.24) is 10.2 Å². The van der Waals surface area contributed by atoms with Crippen molar-refractivity contribution < 1.29 is 5.11 Å². The lowest BCUT2D eigenvalue weighted by Crippen LogP contribution is -2.44. The number of halogens is 1. The minimum absolute atomic E-state index is 0.282. The number of aliphatic hydroxyl groups excluding tert-OH is 1. The Kier molecular flexibility index (Phi) is 6.11. The third-order valence-electron chi connectivity index (χ3n) is 3.81. The Morgan fingerprint density at radius 3 is 2.95 bits per heavy atom. The van der Waals surface area contributed by atoms with Gasteiger partial charge in [-0.05, 0) is 31.0 Å². The van der Waals surface area contributed by atoms with Crippen LogP contribution in [-0.4, -0.2) is 42.3 Å². The molecule has 0 aromatic heterocycles. The molecule has 3 nitrogen and oxygen atoms in total. The molecule has 1 aromatic carbocycles. The number of nitrogens with zero attached hydrogens (tertiary/aromatic N) is 1. The lowest BCUT2D eigenvalue weighted by molar-refractivity contribution is 0.0910. The fourth-order valence-electron chi connectivity index (χ4n) is 2.65. The van der Waals surface area contributed by atoms with Gasteiger partial charge in [0.2, 0.25) is 0 Å². The van der Waals surface area contributed by atoms with Gasteiger partial charge in [0.1, 0.15) is 0 Å². The predicted molar refractivity (Wildman–Crippen MR) is 79.5 cm³/mol. The molecule has 1 unspecified atom stereocenters. The Morgan fingerprint density at radius 1 is 1.32 bits per heavy atom. The van der Waals surface area contributed by atoms with E-state index in [2.05, 4.69) is 10.2 Å². The van der Waals surface area contributed by atoms with Crippen molar-refractivity contribution >= 4 is 11.6 Å². The van der Waals surface area contributed by atoms with E-state index < -0.39 is 0 Å².